The second-order valence-electron chi connectivity index (χ2n) is 4.68. The quantitative estimate of drug-likeness (QED) is 0.757. The van der Waals surface area contributed by atoms with Crippen LogP contribution >= 0.6 is 0 Å². The molecule has 1 rings (SSSR count). The summed E-state index contributed by atoms with van der Waals surface area (Å²) in [6.07, 6.45) is 4.40. The lowest BCUT2D eigenvalue weighted by atomic mass is 9.92. The molecule has 0 aromatic carbocycles. The van der Waals surface area contributed by atoms with Crippen LogP contribution < -0.4 is 5.32 Å². The lowest BCUT2D eigenvalue weighted by Crippen LogP contribution is -2.43. The first-order valence-electron chi connectivity index (χ1n) is 5.81. The molecule has 1 saturated heterocycles. The first kappa shape index (κ1) is 13.1. The van der Waals surface area contributed by atoms with E-state index in [9.17, 15) is 4.21 Å². The van der Waals surface area contributed by atoms with Gasteiger partial charge in [-0.25, -0.2) is 0 Å². The Morgan fingerprint density at radius 2 is 2.33 bits per heavy atom. The molecule has 0 aromatic rings. The molecule has 1 heterocycles. The summed E-state index contributed by atoms with van der Waals surface area (Å²) in [5.74, 6) is 1.53. The van der Waals surface area contributed by atoms with Crippen molar-refractivity contribution in [1.29, 1.82) is 0 Å². The van der Waals surface area contributed by atoms with Gasteiger partial charge in [0.15, 0.2) is 0 Å². The van der Waals surface area contributed by atoms with Crippen molar-refractivity contribution in [3.05, 3.63) is 0 Å². The largest absolute Gasteiger partial charge is 0.313 e. The van der Waals surface area contributed by atoms with Crippen LogP contribution in [0.15, 0.2) is 0 Å². The topological polar surface area (TPSA) is 32.3 Å². The van der Waals surface area contributed by atoms with Gasteiger partial charge in [0.1, 0.15) is 0 Å². The highest BCUT2D eigenvalue weighted by Crippen LogP contribution is 2.18. The Morgan fingerprint density at radius 3 is 2.93 bits per heavy atom. The third-order valence-electron chi connectivity index (χ3n) is 3.22. The van der Waals surface area contributed by atoms with Crippen LogP contribution in [0, 0.1) is 5.92 Å². The van der Waals surface area contributed by atoms with Gasteiger partial charge in [-0.1, -0.05) is 0 Å². The van der Waals surface area contributed by atoms with Crippen molar-refractivity contribution < 1.29 is 4.21 Å². The summed E-state index contributed by atoms with van der Waals surface area (Å²) >= 11 is 0. The number of nitrogens with one attached hydrogen (secondary N) is 1. The molecule has 1 aliphatic rings. The molecule has 15 heavy (non-hydrogen) atoms. The highest BCUT2D eigenvalue weighted by Gasteiger charge is 2.22. The van der Waals surface area contributed by atoms with Crippen molar-refractivity contribution in [3.63, 3.8) is 0 Å². The molecular formula is C11H24N2OS. The second kappa shape index (κ2) is 6.61. The molecular weight excluding hydrogens is 208 g/mol. The molecule has 4 heteroatoms. The molecule has 0 radical (unpaired) electrons. The lowest BCUT2D eigenvalue weighted by Gasteiger charge is -2.33. The average molecular weight is 232 g/mol. The van der Waals surface area contributed by atoms with Gasteiger partial charge < -0.3 is 10.2 Å². The highest BCUT2D eigenvalue weighted by molar-refractivity contribution is 7.84. The number of likely N-dealkylation sites (tertiary alicyclic amines) is 1. The average Bonchev–Trinajstić information content (AvgIpc) is 2.17. The van der Waals surface area contributed by atoms with Crippen LogP contribution in [0.1, 0.15) is 19.8 Å². The van der Waals surface area contributed by atoms with Gasteiger partial charge in [0.25, 0.3) is 0 Å². The van der Waals surface area contributed by atoms with E-state index in [2.05, 4.69) is 24.2 Å². The Balaban J connectivity index is 2.20. The van der Waals surface area contributed by atoms with Crippen molar-refractivity contribution in [2.45, 2.75) is 25.8 Å². The fourth-order valence-corrected chi connectivity index (χ4v) is 2.62. The minimum atomic E-state index is -0.667. The van der Waals surface area contributed by atoms with Crippen LogP contribution in [0.4, 0.5) is 0 Å². The first-order valence-corrected chi connectivity index (χ1v) is 7.54. The van der Waals surface area contributed by atoms with E-state index in [1.54, 1.807) is 6.26 Å². The van der Waals surface area contributed by atoms with E-state index in [1.807, 2.05) is 0 Å². The smallest absolute Gasteiger partial charge is 0.0357 e. The van der Waals surface area contributed by atoms with Crippen molar-refractivity contribution in [1.82, 2.24) is 10.2 Å². The summed E-state index contributed by atoms with van der Waals surface area (Å²) in [5.41, 5.74) is 0. The van der Waals surface area contributed by atoms with E-state index >= 15 is 0 Å². The third kappa shape index (κ3) is 5.09. The molecule has 3 unspecified atom stereocenters. The Morgan fingerprint density at radius 1 is 1.60 bits per heavy atom. The van der Waals surface area contributed by atoms with Crippen molar-refractivity contribution in [2.75, 3.05) is 38.7 Å². The van der Waals surface area contributed by atoms with E-state index in [0.29, 0.717) is 6.04 Å². The number of rotatable bonds is 5. The molecule has 1 aliphatic heterocycles. The summed E-state index contributed by atoms with van der Waals surface area (Å²) in [4.78, 5) is 2.41. The number of nitrogens with zero attached hydrogens (tertiary/aromatic N) is 1. The van der Waals surface area contributed by atoms with Gasteiger partial charge in [-0.05, 0) is 39.3 Å². The lowest BCUT2D eigenvalue weighted by molar-refractivity contribution is 0.180. The fourth-order valence-electron chi connectivity index (χ4n) is 2.21. The van der Waals surface area contributed by atoms with Gasteiger partial charge in [0.05, 0.1) is 0 Å². The summed E-state index contributed by atoms with van der Waals surface area (Å²) < 4.78 is 10.9. The molecule has 1 fully saturated rings. The molecule has 0 bridgehead atoms. The predicted molar refractivity (Wildman–Crippen MR) is 66.6 cm³/mol. The normalized spacial score (nSPS) is 27.5. The molecule has 3 atom stereocenters. The summed E-state index contributed by atoms with van der Waals surface area (Å²) in [7, 11) is 1.53. The molecule has 0 saturated carbocycles. The van der Waals surface area contributed by atoms with Gasteiger partial charge in [-0.15, -0.1) is 0 Å². The van der Waals surface area contributed by atoms with Gasteiger partial charge in [0.2, 0.25) is 0 Å². The van der Waals surface area contributed by atoms with Crippen molar-refractivity contribution >= 4 is 10.8 Å². The predicted octanol–water partition coefficient (Wildman–Crippen LogP) is 0.685. The standard InChI is InChI=1S/C11H24N2OS/c1-10(12-6-8-15(3)14)11-5-4-7-13(2)9-11/h10-12H,4-9H2,1-3H3. The number of piperidine rings is 1. The molecule has 0 aliphatic carbocycles. The van der Waals surface area contributed by atoms with E-state index in [0.717, 1.165) is 18.2 Å². The Kier molecular flexibility index (Phi) is 5.79. The van der Waals surface area contributed by atoms with Crippen LogP contribution in [0.25, 0.3) is 0 Å². The Labute approximate surface area is 96.1 Å². The first-order chi connectivity index (χ1) is 7.09. The Hall–Kier alpha value is 0.0700. The molecule has 0 spiro atoms. The second-order valence-corrected chi connectivity index (χ2v) is 6.24. The zero-order valence-electron chi connectivity index (χ0n) is 10.2. The van der Waals surface area contributed by atoms with E-state index in [4.69, 9.17) is 0 Å². The maximum absolute atomic E-state index is 10.9. The van der Waals surface area contributed by atoms with Gasteiger partial charge in [-0.3, -0.25) is 4.21 Å². The minimum absolute atomic E-state index is 0.552. The highest BCUT2D eigenvalue weighted by atomic mass is 32.2. The van der Waals surface area contributed by atoms with E-state index in [-0.39, 0.29) is 0 Å². The molecule has 1 N–H and O–H groups in total. The van der Waals surface area contributed by atoms with Gasteiger partial charge in [-0.2, -0.15) is 0 Å². The van der Waals surface area contributed by atoms with Crippen molar-refractivity contribution in [2.24, 2.45) is 5.92 Å². The zero-order chi connectivity index (χ0) is 11.3. The van der Waals surface area contributed by atoms with Gasteiger partial charge in [0, 0.05) is 41.9 Å². The molecule has 0 aromatic heterocycles. The molecule has 3 nitrogen and oxygen atoms in total. The number of hydrogen-bond acceptors (Lipinski definition) is 3. The third-order valence-corrected chi connectivity index (χ3v) is 4.00. The molecule has 90 valence electrons. The number of hydrogen-bond donors (Lipinski definition) is 1. The van der Waals surface area contributed by atoms with Crippen LogP contribution in [0.2, 0.25) is 0 Å². The molecule has 0 amide bonds. The maximum Gasteiger partial charge on any atom is 0.0357 e. The fraction of sp³-hybridized carbons (Fsp3) is 1.00. The Bertz CT molecular complexity index is 211. The van der Waals surface area contributed by atoms with E-state index in [1.165, 1.54) is 25.9 Å². The van der Waals surface area contributed by atoms with Crippen LogP contribution in [-0.4, -0.2) is 53.8 Å². The van der Waals surface area contributed by atoms with Crippen LogP contribution in [-0.2, 0) is 10.8 Å². The maximum atomic E-state index is 10.9. The zero-order valence-corrected chi connectivity index (χ0v) is 11.0. The summed E-state index contributed by atoms with van der Waals surface area (Å²) in [6.45, 7) is 5.57. The minimum Gasteiger partial charge on any atom is -0.313 e. The SMILES string of the molecule is CC(NCCS(C)=O)C1CCCN(C)C1. The van der Waals surface area contributed by atoms with Crippen LogP contribution in [0.5, 0.6) is 0 Å². The van der Waals surface area contributed by atoms with E-state index < -0.39 is 10.8 Å². The van der Waals surface area contributed by atoms with Crippen LogP contribution in [0.3, 0.4) is 0 Å². The van der Waals surface area contributed by atoms with Gasteiger partial charge >= 0.3 is 0 Å². The summed E-state index contributed by atoms with van der Waals surface area (Å²) in [6, 6.07) is 0.552. The monoisotopic (exact) mass is 232 g/mol. The summed E-state index contributed by atoms with van der Waals surface area (Å²) in [5, 5.41) is 3.48. The van der Waals surface area contributed by atoms with Crippen molar-refractivity contribution in [3.8, 4) is 0 Å².